The normalized spacial score (nSPS) is 14.3. The fraction of sp³-hybridized carbons (Fsp3) is 0.500. The van der Waals surface area contributed by atoms with Crippen LogP contribution in [0.5, 0.6) is 5.88 Å². The lowest BCUT2D eigenvalue weighted by Gasteiger charge is -2.33. The van der Waals surface area contributed by atoms with Crippen molar-refractivity contribution in [3.05, 3.63) is 39.1 Å². The van der Waals surface area contributed by atoms with Gasteiger partial charge in [-0.15, -0.1) is 0 Å². The first-order valence-corrected chi connectivity index (χ1v) is 11.6. The Morgan fingerprint density at radius 2 is 1.88 bits per heavy atom. The maximum atomic E-state index is 12.6. The van der Waals surface area contributed by atoms with E-state index < -0.39 is 5.97 Å². The number of ether oxygens (including phenoxy) is 3. The highest BCUT2D eigenvalue weighted by molar-refractivity contribution is 6.44. The second-order valence-corrected chi connectivity index (χ2v) is 8.55. The monoisotopic (exact) mass is 514 g/mol. The molecule has 1 saturated heterocycles. The summed E-state index contributed by atoms with van der Waals surface area (Å²) in [6.07, 6.45) is 1.30. The van der Waals surface area contributed by atoms with E-state index in [1.165, 1.54) is 12.1 Å². The summed E-state index contributed by atoms with van der Waals surface area (Å²) in [5.74, 6) is -0.652. The van der Waals surface area contributed by atoms with Crippen LogP contribution in [0.3, 0.4) is 0 Å². The van der Waals surface area contributed by atoms with Crippen molar-refractivity contribution in [2.45, 2.75) is 25.8 Å². The number of pyridine rings is 1. The van der Waals surface area contributed by atoms with Gasteiger partial charge < -0.3 is 34.5 Å². The number of carboxylic acids is 1. The van der Waals surface area contributed by atoms with Gasteiger partial charge in [-0.2, -0.15) is 4.98 Å². The molecule has 1 aliphatic heterocycles. The number of hydrogen-bond donors (Lipinski definition) is 3. The van der Waals surface area contributed by atoms with Crippen LogP contribution in [-0.2, 0) is 9.47 Å². The predicted molar refractivity (Wildman–Crippen MR) is 128 cm³/mol. The summed E-state index contributed by atoms with van der Waals surface area (Å²) >= 11 is 12.2. The molecule has 10 nitrogen and oxygen atoms in total. The molecule has 0 unspecified atom stereocenters. The van der Waals surface area contributed by atoms with Gasteiger partial charge in [0, 0.05) is 38.0 Å². The molecule has 3 N–H and O–H groups in total. The lowest BCUT2D eigenvalue weighted by molar-refractivity contribution is 0.0536. The molecule has 34 heavy (non-hydrogen) atoms. The van der Waals surface area contributed by atoms with Crippen LogP contribution in [0.2, 0.25) is 10.0 Å². The molecule has 2 aromatic rings. The van der Waals surface area contributed by atoms with E-state index in [2.05, 4.69) is 15.3 Å². The molecular formula is C22H28Cl2N4O6. The smallest absolute Gasteiger partial charge is 0.336 e. The van der Waals surface area contributed by atoms with E-state index in [9.17, 15) is 14.7 Å². The summed E-state index contributed by atoms with van der Waals surface area (Å²) < 4.78 is 15.9. The summed E-state index contributed by atoms with van der Waals surface area (Å²) in [4.78, 5) is 33.5. The largest absolute Gasteiger partial charge is 0.478 e. The van der Waals surface area contributed by atoms with Crippen LogP contribution in [0.4, 0.5) is 5.82 Å². The molecule has 1 aliphatic rings. The van der Waals surface area contributed by atoms with Crippen molar-refractivity contribution in [2.75, 3.05) is 51.5 Å². The van der Waals surface area contributed by atoms with Gasteiger partial charge in [0.1, 0.15) is 18.1 Å². The third-order valence-electron chi connectivity index (χ3n) is 5.38. The molecule has 0 atom stereocenters. The van der Waals surface area contributed by atoms with Crippen LogP contribution in [0.15, 0.2) is 12.1 Å². The number of nitrogens with zero attached hydrogens (tertiary/aromatic N) is 2. The number of anilines is 1. The number of H-pyrrole nitrogens is 1. The molecule has 1 fully saturated rings. The number of carbonyl (C=O) groups is 2. The van der Waals surface area contributed by atoms with Gasteiger partial charge in [-0.05, 0) is 25.8 Å². The maximum Gasteiger partial charge on any atom is 0.336 e. The molecule has 0 spiro atoms. The standard InChI is InChI=1S/C22H28Cl2N4O6/c1-13-18(23)19(24)20(25-13)21(29)26-15-3-5-28(6-4-15)16-11-14(22(30)31)12-17(27-16)34-10-9-33-8-7-32-2/h11-12,15,25H,3-10H2,1-2H3,(H,26,29)(H,30,31). The second kappa shape index (κ2) is 12.3. The molecule has 0 aromatic carbocycles. The summed E-state index contributed by atoms with van der Waals surface area (Å²) in [7, 11) is 1.59. The number of nitrogens with one attached hydrogen (secondary N) is 2. The minimum Gasteiger partial charge on any atom is -0.478 e. The van der Waals surface area contributed by atoms with Crippen LogP contribution >= 0.6 is 23.2 Å². The minimum absolute atomic E-state index is 0.0650. The van der Waals surface area contributed by atoms with Crippen molar-refractivity contribution in [3.8, 4) is 5.88 Å². The zero-order valence-corrected chi connectivity index (χ0v) is 20.5. The fourth-order valence-electron chi connectivity index (χ4n) is 3.54. The minimum atomic E-state index is -1.07. The second-order valence-electron chi connectivity index (χ2n) is 7.80. The highest BCUT2D eigenvalue weighted by Crippen LogP contribution is 2.29. The third kappa shape index (κ3) is 6.75. The van der Waals surface area contributed by atoms with Gasteiger partial charge in [0.15, 0.2) is 0 Å². The average Bonchev–Trinajstić information content (AvgIpc) is 3.09. The Balaban J connectivity index is 1.57. The molecule has 0 bridgehead atoms. The van der Waals surface area contributed by atoms with Crippen LogP contribution < -0.4 is 15.0 Å². The highest BCUT2D eigenvalue weighted by atomic mass is 35.5. The molecule has 1 amide bonds. The lowest BCUT2D eigenvalue weighted by atomic mass is 10.0. The average molecular weight is 515 g/mol. The summed E-state index contributed by atoms with van der Waals surface area (Å²) in [6, 6.07) is 2.85. The number of methoxy groups -OCH3 is 1. The quantitative estimate of drug-likeness (QED) is 0.390. The highest BCUT2D eigenvalue weighted by Gasteiger charge is 2.25. The fourth-order valence-corrected chi connectivity index (χ4v) is 3.96. The number of rotatable bonds is 11. The van der Waals surface area contributed by atoms with Gasteiger partial charge in [-0.25, -0.2) is 4.79 Å². The molecule has 12 heteroatoms. The number of piperidine rings is 1. The number of hydrogen-bond acceptors (Lipinski definition) is 7. The van der Waals surface area contributed by atoms with E-state index in [1.807, 2.05) is 4.90 Å². The first-order chi connectivity index (χ1) is 16.3. The predicted octanol–water partition coefficient (Wildman–Crippen LogP) is 3.16. The van der Waals surface area contributed by atoms with Crippen LogP contribution in [0, 0.1) is 6.92 Å². The summed E-state index contributed by atoms with van der Waals surface area (Å²) in [5, 5.41) is 13.0. The van der Waals surface area contributed by atoms with Crippen molar-refractivity contribution < 1.29 is 28.9 Å². The number of amides is 1. The number of aromatic nitrogens is 2. The Hall–Kier alpha value is -2.53. The zero-order chi connectivity index (χ0) is 24.7. The Bertz CT molecular complexity index is 1010. The number of aromatic carboxylic acids is 1. The van der Waals surface area contributed by atoms with E-state index in [1.54, 1.807) is 14.0 Å². The van der Waals surface area contributed by atoms with Crippen molar-refractivity contribution in [1.82, 2.24) is 15.3 Å². The topological polar surface area (TPSA) is 126 Å². The molecule has 186 valence electrons. The first kappa shape index (κ1) is 26.1. The van der Waals surface area contributed by atoms with Crippen molar-refractivity contribution in [2.24, 2.45) is 0 Å². The molecule has 0 aliphatic carbocycles. The Morgan fingerprint density at radius 3 is 2.50 bits per heavy atom. The van der Waals surface area contributed by atoms with Crippen molar-refractivity contribution >= 4 is 40.9 Å². The van der Waals surface area contributed by atoms with Crippen LogP contribution in [0.1, 0.15) is 39.4 Å². The molecule has 3 rings (SSSR count). The van der Waals surface area contributed by atoms with Crippen molar-refractivity contribution in [3.63, 3.8) is 0 Å². The molecule has 0 saturated carbocycles. The van der Waals surface area contributed by atoms with E-state index >= 15 is 0 Å². The summed E-state index contributed by atoms with van der Waals surface area (Å²) in [6.45, 7) is 4.41. The number of aryl methyl sites for hydroxylation is 1. The molecular weight excluding hydrogens is 487 g/mol. The first-order valence-electron chi connectivity index (χ1n) is 10.8. The molecule has 0 radical (unpaired) electrons. The Morgan fingerprint density at radius 1 is 1.18 bits per heavy atom. The summed E-state index contributed by atoms with van der Waals surface area (Å²) in [5.41, 5.74) is 0.968. The van der Waals surface area contributed by atoms with E-state index in [-0.39, 0.29) is 40.7 Å². The third-order valence-corrected chi connectivity index (χ3v) is 6.33. The van der Waals surface area contributed by atoms with Crippen LogP contribution in [0.25, 0.3) is 0 Å². The number of halogens is 2. The van der Waals surface area contributed by atoms with Gasteiger partial charge in [-0.1, -0.05) is 23.2 Å². The van der Waals surface area contributed by atoms with E-state index in [0.717, 1.165) is 0 Å². The van der Waals surface area contributed by atoms with Crippen molar-refractivity contribution in [1.29, 1.82) is 0 Å². The van der Waals surface area contributed by atoms with E-state index in [0.29, 0.717) is 62.3 Å². The molecule has 2 aromatic heterocycles. The van der Waals surface area contributed by atoms with Crippen LogP contribution in [-0.4, -0.2) is 79.6 Å². The van der Waals surface area contributed by atoms with Gasteiger partial charge in [0.25, 0.3) is 5.91 Å². The van der Waals surface area contributed by atoms with Gasteiger partial charge in [0.05, 0.1) is 35.4 Å². The van der Waals surface area contributed by atoms with Gasteiger partial charge in [0.2, 0.25) is 5.88 Å². The molecule has 3 heterocycles. The Kier molecular flexibility index (Phi) is 9.40. The lowest BCUT2D eigenvalue weighted by Crippen LogP contribution is -2.45. The van der Waals surface area contributed by atoms with Gasteiger partial charge >= 0.3 is 5.97 Å². The number of aromatic amines is 1. The number of carbonyl (C=O) groups excluding carboxylic acids is 1. The zero-order valence-electron chi connectivity index (χ0n) is 19.0. The Labute approximate surface area is 207 Å². The maximum absolute atomic E-state index is 12.6. The SMILES string of the molecule is COCCOCCOc1cc(C(=O)O)cc(N2CCC(NC(=O)c3[nH]c(C)c(Cl)c3Cl)CC2)n1. The number of carboxylic acid groups (broad SMARTS) is 1. The van der Waals surface area contributed by atoms with Gasteiger partial charge in [-0.3, -0.25) is 4.79 Å². The van der Waals surface area contributed by atoms with E-state index in [4.69, 9.17) is 37.4 Å².